The second-order valence-corrected chi connectivity index (χ2v) is 7.69. The minimum Gasteiger partial charge on any atom is -0.321 e. The first-order chi connectivity index (χ1) is 13.3. The Morgan fingerprint density at radius 3 is 2.18 bits per heavy atom. The van der Waals surface area contributed by atoms with E-state index in [1.807, 2.05) is 51.1 Å². The fraction of sp³-hybridized carbons (Fsp3) is 0.136. The minimum absolute atomic E-state index is 0.0423. The fourth-order valence-electron chi connectivity index (χ4n) is 3.06. The number of carbonyl (C=O) groups is 1. The van der Waals surface area contributed by atoms with Gasteiger partial charge in [-0.1, -0.05) is 41.6 Å². The Morgan fingerprint density at radius 1 is 0.964 bits per heavy atom. The zero-order chi connectivity index (χ0) is 20.3. The molecule has 0 spiro atoms. The largest absolute Gasteiger partial charge is 0.321 e. The van der Waals surface area contributed by atoms with E-state index in [0.29, 0.717) is 5.56 Å². The van der Waals surface area contributed by atoms with Crippen LogP contribution < -0.4 is 5.32 Å². The third-order valence-electron chi connectivity index (χ3n) is 4.32. The summed E-state index contributed by atoms with van der Waals surface area (Å²) in [6.07, 6.45) is 0. The van der Waals surface area contributed by atoms with E-state index in [-0.39, 0.29) is 11.6 Å². The summed E-state index contributed by atoms with van der Waals surface area (Å²) < 4.78 is 0. The van der Waals surface area contributed by atoms with Gasteiger partial charge in [0.2, 0.25) is 0 Å². The van der Waals surface area contributed by atoms with Crippen molar-refractivity contribution in [1.82, 2.24) is 0 Å². The Hall–Kier alpha value is -3.12. The predicted octanol–water partition coefficient (Wildman–Crippen LogP) is 5.92. The second-order valence-electron chi connectivity index (χ2n) is 6.58. The molecule has 1 amide bonds. The first-order valence-corrected chi connectivity index (χ1v) is 9.57. The highest BCUT2D eigenvalue weighted by Gasteiger charge is 2.15. The number of benzene rings is 3. The highest BCUT2D eigenvalue weighted by molar-refractivity contribution is 7.99. The Morgan fingerprint density at radius 2 is 1.57 bits per heavy atom. The van der Waals surface area contributed by atoms with Crippen LogP contribution >= 0.6 is 11.8 Å². The van der Waals surface area contributed by atoms with Crippen LogP contribution in [-0.2, 0) is 0 Å². The molecular formula is C22H20N2O3S. The standard InChI is InChI=1S/C22H20N2O3S/c1-14-12-15(2)21(16(3)13-14)23-22(25)19-6-4-5-7-20(19)28-18-10-8-17(9-11-18)24(26)27/h4-13H,1-3H3,(H,23,25). The van der Waals surface area contributed by atoms with Crippen molar-refractivity contribution in [2.24, 2.45) is 0 Å². The summed E-state index contributed by atoms with van der Waals surface area (Å²) in [6.45, 7) is 5.99. The molecule has 0 unspecified atom stereocenters. The molecule has 0 saturated heterocycles. The van der Waals surface area contributed by atoms with E-state index >= 15 is 0 Å². The van der Waals surface area contributed by atoms with Crippen LogP contribution in [0.15, 0.2) is 70.5 Å². The number of hydrogen-bond donors (Lipinski definition) is 1. The third-order valence-corrected chi connectivity index (χ3v) is 5.41. The van der Waals surface area contributed by atoms with Crippen molar-refractivity contribution in [2.75, 3.05) is 5.32 Å². The SMILES string of the molecule is Cc1cc(C)c(NC(=O)c2ccccc2Sc2ccc([N+](=O)[O-])cc2)c(C)c1. The van der Waals surface area contributed by atoms with E-state index in [1.165, 1.54) is 23.9 Å². The summed E-state index contributed by atoms with van der Waals surface area (Å²) in [6, 6.07) is 17.7. The van der Waals surface area contributed by atoms with Gasteiger partial charge in [-0.05, 0) is 56.2 Å². The highest BCUT2D eigenvalue weighted by atomic mass is 32.2. The Balaban J connectivity index is 1.85. The Bertz CT molecular complexity index is 1020. The lowest BCUT2D eigenvalue weighted by atomic mass is 10.0. The van der Waals surface area contributed by atoms with Crippen molar-refractivity contribution in [3.63, 3.8) is 0 Å². The molecule has 0 atom stereocenters. The summed E-state index contributed by atoms with van der Waals surface area (Å²) >= 11 is 1.40. The molecule has 3 aromatic carbocycles. The molecule has 0 aliphatic heterocycles. The predicted molar refractivity (Wildman–Crippen MR) is 112 cm³/mol. The van der Waals surface area contributed by atoms with Crippen LogP contribution in [0.4, 0.5) is 11.4 Å². The molecule has 0 heterocycles. The van der Waals surface area contributed by atoms with Gasteiger partial charge in [0.25, 0.3) is 11.6 Å². The molecule has 3 rings (SSSR count). The second kappa shape index (κ2) is 8.27. The third kappa shape index (κ3) is 4.40. The van der Waals surface area contributed by atoms with Crippen LogP contribution in [0.5, 0.6) is 0 Å². The van der Waals surface area contributed by atoms with Crippen molar-refractivity contribution in [1.29, 1.82) is 0 Å². The van der Waals surface area contributed by atoms with Gasteiger partial charge < -0.3 is 5.32 Å². The van der Waals surface area contributed by atoms with Gasteiger partial charge in [0.15, 0.2) is 0 Å². The van der Waals surface area contributed by atoms with Crippen LogP contribution in [0.3, 0.4) is 0 Å². The van der Waals surface area contributed by atoms with Crippen LogP contribution in [0.2, 0.25) is 0 Å². The zero-order valence-corrected chi connectivity index (χ0v) is 16.7. The van der Waals surface area contributed by atoms with Crippen LogP contribution in [0.25, 0.3) is 0 Å². The van der Waals surface area contributed by atoms with Gasteiger partial charge in [-0.3, -0.25) is 14.9 Å². The van der Waals surface area contributed by atoms with Crippen molar-refractivity contribution in [3.05, 3.63) is 93.0 Å². The van der Waals surface area contributed by atoms with Crippen molar-refractivity contribution in [2.45, 2.75) is 30.6 Å². The number of nitro benzene ring substituents is 1. The fourth-order valence-corrected chi connectivity index (χ4v) is 4.01. The summed E-state index contributed by atoms with van der Waals surface area (Å²) in [7, 11) is 0. The topological polar surface area (TPSA) is 72.2 Å². The molecule has 0 bridgehead atoms. The van der Waals surface area contributed by atoms with Crippen molar-refractivity contribution in [3.8, 4) is 0 Å². The molecule has 142 valence electrons. The van der Waals surface area contributed by atoms with E-state index in [2.05, 4.69) is 5.32 Å². The lowest BCUT2D eigenvalue weighted by Gasteiger charge is -2.14. The molecule has 3 aromatic rings. The number of aryl methyl sites for hydroxylation is 3. The molecule has 1 N–H and O–H groups in total. The van der Waals surface area contributed by atoms with Crippen LogP contribution in [-0.4, -0.2) is 10.8 Å². The maximum Gasteiger partial charge on any atom is 0.269 e. The van der Waals surface area contributed by atoms with E-state index in [9.17, 15) is 14.9 Å². The number of carbonyl (C=O) groups excluding carboxylic acids is 1. The van der Waals surface area contributed by atoms with Gasteiger partial charge in [0, 0.05) is 27.6 Å². The van der Waals surface area contributed by atoms with Gasteiger partial charge in [0.1, 0.15) is 0 Å². The number of amides is 1. The zero-order valence-electron chi connectivity index (χ0n) is 15.9. The Kier molecular flexibility index (Phi) is 5.80. The Labute approximate surface area is 167 Å². The summed E-state index contributed by atoms with van der Waals surface area (Å²) in [5.41, 5.74) is 4.62. The molecule has 0 fully saturated rings. The average molecular weight is 392 g/mol. The number of hydrogen-bond acceptors (Lipinski definition) is 4. The van der Waals surface area contributed by atoms with E-state index in [1.54, 1.807) is 18.2 Å². The van der Waals surface area contributed by atoms with E-state index in [4.69, 9.17) is 0 Å². The summed E-state index contributed by atoms with van der Waals surface area (Å²) in [4.78, 5) is 24.9. The maximum absolute atomic E-state index is 12.9. The monoisotopic (exact) mass is 392 g/mol. The van der Waals surface area contributed by atoms with Crippen LogP contribution in [0.1, 0.15) is 27.0 Å². The van der Waals surface area contributed by atoms with Gasteiger partial charge in [-0.15, -0.1) is 0 Å². The molecule has 0 radical (unpaired) electrons. The first kappa shape index (κ1) is 19.6. The number of nitrogens with one attached hydrogen (secondary N) is 1. The van der Waals surface area contributed by atoms with Crippen molar-refractivity contribution < 1.29 is 9.72 Å². The average Bonchev–Trinajstić information content (AvgIpc) is 2.65. The number of non-ortho nitro benzene ring substituents is 1. The highest BCUT2D eigenvalue weighted by Crippen LogP contribution is 2.32. The quantitative estimate of drug-likeness (QED) is 0.432. The number of anilines is 1. The minimum atomic E-state index is -0.428. The molecule has 0 aliphatic rings. The maximum atomic E-state index is 12.9. The summed E-state index contributed by atoms with van der Waals surface area (Å²) in [5, 5.41) is 13.8. The van der Waals surface area contributed by atoms with Gasteiger partial charge >= 0.3 is 0 Å². The number of nitrogens with zero attached hydrogens (tertiary/aromatic N) is 1. The normalized spacial score (nSPS) is 10.5. The smallest absolute Gasteiger partial charge is 0.269 e. The lowest BCUT2D eigenvalue weighted by Crippen LogP contribution is -2.14. The molecule has 0 aliphatic carbocycles. The van der Waals surface area contributed by atoms with Gasteiger partial charge in [-0.25, -0.2) is 0 Å². The van der Waals surface area contributed by atoms with Crippen LogP contribution in [0, 0.1) is 30.9 Å². The van der Waals surface area contributed by atoms with Gasteiger partial charge in [-0.2, -0.15) is 0 Å². The molecule has 5 nitrogen and oxygen atoms in total. The van der Waals surface area contributed by atoms with Crippen molar-refractivity contribution >= 4 is 29.0 Å². The molecular weight excluding hydrogens is 372 g/mol. The molecule has 6 heteroatoms. The summed E-state index contributed by atoms with van der Waals surface area (Å²) in [5.74, 6) is -0.180. The molecule has 0 aromatic heterocycles. The number of nitro groups is 1. The lowest BCUT2D eigenvalue weighted by molar-refractivity contribution is -0.384. The number of rotatable bonds is 5. The first-order valence-electron chi connectivity index (χ1n) is 8.75. The van der Waals surface area contributed by atoms with E-state index < -0.39 is 4.92 Å². The molecule has 28 heavy (non-hydrogen) atoms. The van der Waals surface area contributed by atoms with E-state index in [0.717, 1.165) is 32.2 Å². The molecule has 0 saturated carbocycles. The van der Waals surface area contributed by atoms with Gasteiger partial charge in [0.05, 0.1) is 10.5 Å².